The Morgan fingerprint density at radius 2 is 2.17 bits per heavy atom. The van der Waals surface area contributed by atoms with Gasteiger partial charge < -0.3 is 20.1 Å². The van der Waals surface area contributed by atoms with E-state index in [1.165, 1.54) is 0 Å². The average Bonchev–Trinajstić information content (AvgIpc) is 2.45. The van der Waals surface area contributed by atoms with Crippen molar-refractivity contribution in [1.82, 2.24) is 10.2 Å². The summed E-state index contributed by atoms with van der Waals surface area (Å²) in [6, 6.07) is 5.89. The van der Waals surface area contributed by atoms with Gasteiger partial charge in [-0.2, -0.15) is 0 Å². The molecule has 0 fully saturated rings. The second-order valence-electron chi connectivity index (χ2n) is 7.09. The van der Waals surface area contributed by atoms with Gasteiger partial charge in [-0.25, -0.2) is 4.79 Å². The number of fused-ring (bicyclic) bond motifs is 1. The maximum Gasteiger partial charge on any atom is 0.410 e. The van der Waals surface area contributed by atoms with Gasteiger partial charge in [-0.1, -0.05) is 18.2 Å². The molecule has 2 unspecified atom stereocenters. The number of aliphatic hydroxyl groups is 1. The van der Waals surface area contributed by atoms with Gasteiger partial charge in [0.2, 0.25) is 0 Å². The molecule has 1 aliphatic rings. The van der Waals surface area contributed by atoms with Crippen molar-refractivity contribution >= 4 is 6.09 Å². The molecule has 0 radical (unpaired) electrons. The monoisotopic (exact) mass is 320 g/mol. The minimum atomic E-state index is -0.532. The Morgan fingerprint density at radius 1 is 1.48 bits per heavy atom. The highest BCUT2D eigenvalue weighted by Crippen LogP contribution is 2.34. The zero-order chi connectivity index (χ0) is 17.2. The number of carbonyl (C=O) groups excluding carboxylic acids is 1. The van der Waals surface area contributed by atoms with Crippen LogP contribution in [0.2, 0.25) is 0 Å². The van der Waals surface area contributed by atoms with Crippen LogP contribution in [-0.2, 0) is 11.2 Å². The van der Waals surface area contributed by atoms with Crippen LogP contribution in [0.15, 0.2) is 18.2 Å². The van der Waals surface area contributed by atoms with E-state index in [-0.39, 0.29) is 12.1 Å². The standard InChI is InChI=1S/C18H28N2O3/c1-12-13-7-6-8-15(16(21)11-19-5)14(13)9-10-20(12)17(22)23-18(2,3)4/h6-8,12,16,19,21H,9-11H2,1-5H3. The lowest BCUT2D eigenvalue weighted by Crippen LogP contribution is -2.42. The van der Waals surface area contributed by atoms with Gasteiger partial charge in [-0.15, -0.1) is 0 Å². The zero-order valence-corrected chi connectivity index (χ0v) is 14.7. The molecular weight excluding hydrogens is 292 g/mol. The van der Waals surface area contributed by atoms with Crippen molar-refractivity contribution in [3.63, 3.8) is 0 Å². The summed E-state index contributed by atoms with van der Waals surface area (Å²) in [6.45, 7) is 8.75. The van der Waals surface area contributed by atoms with Gasteiger partial charge in [0.1, 0.15) is 5.60 Å². The summed E-state index contributed by atoms with van der Waals surface area (Å²) in [7, 11) is 1.82. The highest BCUT2D eigenvalue weighted by molar-refractivity contribution is 5.69. The van der Waals surface area contributed by atoms with Crippen LogP contribution < -0.4 is 5.32 Å². The van der Waals surface area contributed by atoms with E-state index in [1.807, 2.05) is 52.9 Å². The van der Waals surface area contributed by atoms with Crippen LogP contribution in [0.4, 0.5) is 4.79 Å². The van der Waals surface area contributed by atoms with E-state index >= 15 is 0 Å². The molecule has 1 aliphatic heterocycles. The molecule has 128 valence electrons. The van der Waals surface area contributed by atoms with Crippen molar-refractivity contribution in [2.24, 2.45) is 0 Å². The number of amides is 1. The minimum absolute atomic E-state index is 0.0599. The van der Waals surface area contributed by atoms with Crippen molar-refractivity contribution in [3.8, 4) is 0 Å². The summed E-state index contributed by atoms with van der Waals surface area (Å²) in [5.41, 5.74) is 2.70. The lowest BCUT2D eigenvalue weighted by Gasteiger charge is -2.37. The van der Waals surface area contributed by atoms with Crippen LogP contribution >= 0.6 is 0 Å². The number of nitrogens with one attached hydrogen (secondary N) is 1. The molecule has 1 amide bonds. The number of hydrogen-bond acceptors (Lipinski definition) is 4. The molecule has 1 heterocycles. The SMILES string of the molecule is CNCC(O)c1cccc2c1CCN(C(=O)OC(C)(C)C)C2C. The molecule has 5 heteroatoms. The first-order valence-corrected chi connectivity index (χ1v) is 8.18. The summed E-state index contributed by atoms with van der Waals surface area (Å²) >= 11 is 0. The molecule has 2 atom stereocenters. The van der Waals surface area contributed by atoms with Gasteiger partial charge in [0, 0.05) is 13.1 Å². The third-order valence-corrected chi connectivity index (χ3v) is 4.15. The van der Waals surface area contributed by atoms with Crippen molar-refractivity contribution in [1.29, 1.82) is 0 Å². The van der Waals surface area contributed by atoms with Gasteiger partial charge in [0.15, 0.2) is 0 Å². The molecule has 5 nitrogen and oxygen atoms in total. The van der Waals surface area contributed by atoms with E-state index < -0.39 is 11.7 Å². The number of nitrogens with zero attached hydrogens (tertiary/aromatic N) is 1. The quantitative estimate of drug-likeness (QED) is 0.899. The Balaban J connectivity index is 2.25. The highest BCUT2D eigenvalue weighted by atomic mass is 16.6. The second kappa shape index (κ2) is 6.89. The van der Waals surface area contributed by atoms with Crippen molar-refractivity contribution in [2.75, 3.05) is 20.1 Å². The third-order valence-electron chi connectivity index (χ3n) is 4.15. The fourth-order valence-electron chi connectivity index (χ4n) is 3.08. The predicted molar refractivity (Wildman–Crippen MR) is 90.4 cm³/mol. The van der Waals surface area contributed by atoms with Gasteiger partial charge >= 0.3 is 6.09 Å². The number of benzene rings is 1. The Bertz CT molecular complexity index is 566. The Kier molecular flexibility index (Phi) is 5.32. The fourth-order valence-corrected chi connectivity index (χ4v) is 3.08. The number of carbonyl (C=O) groups is 1. The highest BCUT2D eigenvalue weighted by Gasteiger charge is 2.32. The average molecular weight is 320 g/mol. The summed E-state index contributed by atoms with van der Waals surface area (Å²) in [4.78, 5) is 14.2. The van der Waals surface area contributed by atoms with E-state index in [0.29, 0.717) is 13.1 Å². The maximum absolute atomic E-state index is 12.4. The Morgan fingerprint density at radius 3 is 2.78 bits per heavy atom. The van der Waals surface area contributed by atoms with Crippen LogP contribution in [-0.4, -0.2) is 41.8 Å². The summed E-state index contributed by atoms with van der Waals surface area (Å²) in [6.07, 6.45) is -0.0809. The summed E-state index contributed by atoms with van der Waals surface area (Å²) in [5.74, 6) is 0. The van der Waals surface area contributed by atoms with Gasteiger partial charge in [-0.05, 0) is 57.9 Å². The van der Waals surface area contributed by atoms with E-state index in [0.717, 1.165) is 23.1 Å². The van der Waals surface area contributed by atoms with E-state index in [9.17, 15) is 9.90 Å². The topological polar surface area (TPSA) is 61.8 Å². The Labute approximate surface area is 138 Å². The summed E-state index contributed by atoms with van der Waals surface area (Å²) in [5, 5.41) is 13.3. The fraction of sp³-hybridized carbons (Fsp3) is 0.611. The molecule has 2 rings (SSSR count). The minimum Gasteiger partial charge on any atom is -0.444 e. The lowest BCUT2D eigenvalue weighted by atomic mass is 9.88. The van der Waals surface area contributed by atoms with Crippen molar-refractivity contribution in [3.05, 3.63) is 34.9 Å². The molecule has 2 N–H and O–H groups in total. The normalized spacial score (nSPS) is 19.2. The first kappa shape index (κ1) is 17.8. The molecular formula is C18H28N2O3. The van der Waals surface area contributed by atoms with E-state index in [2.05, 4.69) is 5.32 Å². The lowest BCUT2D eigenvalue weighted by molar-refractivity contribution is 0.0158. The van der Waals surface area contributed by atoms with Crippen LogP contribution in [0.25, 0.3) is 0 Å². The van der Waals surface area contributed by atoms with Crippen molar-refractivity contribution < 1.29 is 14.6 Å². The van der Waals surface area contributed by atoms with Gasteiger partial charge in [-0.3, -0.25) is 0 Å². The van der Waals surface area contributed by atoms with Gasteiger partial charge in [0.05, 0.1) is 12.1 Å². The molecule has 23 heavy (non-hydrogen) atoms. The smallest absolute Gasteiger partial charge is 0.410 e. The first-order valence-electron chi connectivity index (χ1n) is 8.18. The maximum atomic E-state index is 12.4. The van der Waals surface area contributed by atoms with E-state index in [1.54, 1.807) is 4.90 Å². The molecule has 0 aliphatic carbocycles. The first-order chi connectivity index (χ1) is 10.7. The third kappa shape index (κ3) is 4.03. The second-order valence-corrected chi connectivity index (χ2v) is 7.09. The van der Waals surface area contributed by atoms with Crippen molar-refractivity contribution in [2.45, 2.75) is 51.9 Å². The number of ether oxygens (including phenoxy) is 1. The molecule has 0 saturated heterocycles. The zero-order valence-electron chi connectivity index (χ0n) is 14.7. The molecule has 0 spiro atoms. The van der Waals surface area contributed by atoms with Crippen LogP contribution in [0, 0.1) is 0 Å². The largest absolute Gasteiger partial charge is 0.444 e. The molecule has 0 bridgehead atoms. The number of hydrogen-bond donors (Lipinski definition) is 2. The van der Waals surface area contributed by atoms with E-state index in [4.69, 9.17) is 4.74 Å². The van der Waals surface area contributed by atoms with Crippen LogP contribution in [0.3, 0.4) is 0 Å². The molecule has 0 aromatic heterocycles. The number of rotatable bonds is 3. The van der Waals surface area contributed by atoms with Gasteiger partial charge in [0.25, 0.3) is 0 Å². The van der Waals surface area contributed by atoms with Crippen LogP contribution in [0.5, 0.6) is 0 Å². The molecule has 0 saturated carbocycles. The predicted octanol–water partition coefficient (Wildman–Crippen LogP) is 2.79. The number of likely N-dealkylation sites (N-methyl/N-ethyl adjacent to an activating group) is 1. The molecule has 1 aromatic carbocycles. The van der Waals surface area contributed by atoms with Crippen LogP contribution in [0.1, 0.15) is 56.5 Å². The summed E-state index contributed by atoms with van der Waals surface area (Å²) < 4.78 is 5.51. The Hall–Kier alpha value is -1.59. The molecule has 1 aromatic rings. The number of aliphatic hydroxyl groups excluding tert-OH is 1.